The molecule has 20 heavy (non-hydrogen) atoms. The molecule has 5 nitrogen and oxygen atoms in total. The Labute approximate surface area is 119 Å². The Kier molecular flexibility index (Phi) is 5.91. The molecule has 0 radical (unpaired) electrons. The lowest BCUT2D eigenvalue weighted by Crippen LogP contribution is -2.19. The number of benzene rings is 1. The summed E-state index contributed by atoms with van der Waals surface area (Å²) in [5.74, 6) is -0.188. The first kappa shape index (κ1) is 16.4. The average molecular weight is 297 g/mol. The van der Waals surface area contributed by atoms with E-state index in [1.54, 1.807) is 12.1 Å². The predicted molar refractivity (Wildman–Crippen MR) is 78.9 cm³/mol. The van der Waals surface area contributed by atoms with Crippen LogP contribution in [-0.2, 0) is 14.4 Å². The Morgan fingerprint density at radius 2 is 2.05 bits per heavy atom. The normalized spacial score (nSPS) is 15.4. The van der Waals surface area contributed by atoms with Gasteiger partial charge in [0.05, 0.1) is 18.1 Å². The molecule has 1 aromatic carbocycles. The van der Waals surface area contributed by atoms with Crippen LogP contribution in [0.15, 0.2) is 48.1 Å². The maximum Gasteiger partial charge on any atom is 0.325 e. The van der Waals surface area contributed by atoms with Crippen LogP contribution in [0.5, 0.6) is 0 Å². The summed E-state index contributed by atoms with van der Waals surface area (Å²) in [6.07, 6.45) is 2.06. The van der Waals surface area contributed by atoms with E-state index in [1.807, 2.05) is 25.1 Å². The quantitative estimate of drug-likeness (QED) is 0.474. The minimum absolute atomic E-state index is 0.188. The fourth-order valence-corrected chi connectivity index (χ4v) is 1.93. The maximum absolute atomic E-state index is 11.1. The van der Waals surface area contributed by atoms with Crippen LogP contribution in [0.25, 0.3) is 0 Å². The van der Waals surface area contributed by atoms with Gasteiger partial charge in [0.2, 0.25) is 0 Å². The molecule has 0 fully saturated rings. The van der Waals surface area contributed by atoms with Crippen molar-refractivity contribution in [1.29, 1.82) is 0 Å². The first-order valence-corrected chi connectivity index (χ1v) is 7.97. The van der Waals surface area contributed by atoms with Crippen molar-refractivity contribution in [3.05, 3.63) is 48.6 Å². The van der Waals surface area contributed by atoms with Gasteiger partial charge in [0.15, 0.2) is 0 Å². The van der Waals surface area contributed by atoms with E-state index in [0.717, 1.165) is 11.8 Å². The largest absolute Gasteiger partial charge is 0.389 e. The molecule has 0 aliphatic heterocycles. The van der Waals surface area contributed by atoms with Crippen molar-refractivity contribution in [3.63, 3.8) is 0 Å². The highest BCUT2D eigenvalue weighted by atomic mass is 32.2. The Bertz CT molecular complexity index is 566. The third-order valence-electron chi connectivity index (χ3n) is 2.67. The number of nitrogens with zero attached hydrogens (tertiary/aromatic N) is 1. The van der Waals surface area contributed by atoms with Gasteiger partial charge in [-0.2, -0.15) is 8.42 Å². The van der Waals surface area contributed by atoms with E-state index in [9.17, 15) is 13.5 Å². The number of aliphatic hydroxyl groups is 1. The van der Waals surface area contributed by atoms with Gasteiger partial charge in [-0.25, -0.2) is 0 Å². The molecular weight excluding hydrogens is 278 g/mol. The zero-order valence-electron chi connectivity index (χ0n) is 11.6. The molecule has 0 aliphatic rings. The molecule has 1 N–H and O–H groups in total. The second kappa shape index (κ2) is 7.21. The first-order valence-electron chi connectivity index (χ1n) is 6.16. The fraction of sp³-hybridized carbons (Fsp3) is 0.357. The molecule has 0 aliphatic carbocycles. The summed E-state index contributed by atoms with van der Waals surface area (Å²) in [5.41, 5.74) is 1.22. The lowest BCUT2D eigenvalue weighted by molar-refractivity contribution is 0.202. The van der Waals surface area contributed by atoms with E-state index in [4.69, 9.17) is 0 Å². The summed E-state index contributed by atoms with van der Waals surface area (Å²) in [6.45, 7) is 5.35. The van der Waals surface area contributed by atoms with E-state index in [0.29, 0.717) is 12.1 Å². The van der Waals surface area contributed by atoms with E-state index in [2.05, 4.69) is 16.0 Å². The molecule has 110 valence electrons. The summed E-state index contributed by atoms with van der Waals surface area (Å²) < 4.78 is 26.7. The number of rotatable bonds is 7. The highest BCUT2D eigenvalue weighted by molar-refractivity contribution is 7.85. The summed E-state index contributed by atoms with van der Waals surface area (Å²) in [6, 6.07) is 9.11. The fourth-order valence-electron chi connectivity index (χ4n) is 1.71. The number of hydrogen-bond donors (Lipinski definition) is 1. The SMILES string of the molecule is C=CC(O)CC(C)C(=NOS(C)(=O)=O)c1ccccc1. The van der Waals surface area contributed by atoms with Gasteiger partial charge in [0, 0.05) is 5.92 Å². The number of oxime groups is 1. The minimum Gasteiger partial charge on any atom is -0.389 e. The van der Waals surface area contributed by atoms with Crippen molar-refractivity contribution in [3.8, 4) is 0 Å². The highest BCUT2D eigenvalue weighted by Crippen LogP contribution is 2.16. The zero-order chi connectivity index (χ0) is 15.2. The van der Waals surface area contributed by atoms with Crippen molar-refractivity contribution in [1.82, 2.24) is 0 Å². The van der Waals surface area contributed by atoms with Crippen molar-refractivity contribution >= 4 is 15.8 Å². The van der Waals surface area contributed by atoms with Crippen molar-refractivity contribution in [2.24, 2.45) is 11.1 Å². The van der Waals surface area contributed by atoms with Crippen LogP contribution in [0.2, 0.25) is 0 Å². The second-order valence-corrected chi connectivity index (χ2v) is 6.12. The monoisotopic (exact) mass is 297 g/mol. The van der Waals surface area contributed by atoms with Gasteiger partial charge in [-0.15, -0.1) is 6.58 Å². The van der Waals surface area contributed by atoms with Crippen LogP contribution in [0, 0.1) is 5.92 Å². The molecule has 0 saturated carbocycles. The van der Waals surface area contributed by atoms with Crippen LogP contribution >= 0.6 is 0 Å². The number of hydrogen-bond acceptors (Lipinski definition) is 5. The van der Waals surface area contributed by atoms with Crippen molar-refractivity contribution in [2.45, 2.75) is 19.4 Å². The van der Waals surface area contributed by atoms with Crippen LogP contribution in [0.1, 0.15) is 18.9 Å². The van der Waals surface area contributed by atoms with Crippen LogP contribution in [0.4, 0.5) is 0 Å². The molecule has 0 bridgehead atoms. The Hall–Kier alpha value is -1.66. The van der Waals surface area contributed by atoms with Gasteiger partial charge >= 0.3 is 10.1 Å². The highest BCUT2D eigenvalue weighted by Gasteiger charge is 2.17. The lowest BCUT2D eigenvalue weighted by Gasteiger charge is -2.16. The Balaban J connectivity index is 3.05. The molecule has 1 rings (SSSR count). The second-order valence-electron chi connectivity index (χ2n) is 4.56. The summed E-state index contributed by atoms with van der Waals surface area (Å²) >= 11 is 0. The van der Waals surface area contributed by atoms with Crippen LogP contribution in [0.3, 0.4) is 0 Å². The summed E-state index contributed by atoms with van der Waals surface area (Å²) in [7, 11) is -3.66. The van der Waals surface area contributed by atoms with Gasteiger partial charge in [0.25, 0.3) is 0 Å². The standard InChI is InChI=1S/C14H19NO4S/c1-4-13(16)10-11(2)14(15-19-20(3,17)18)12-8-6-5-7-9-12/h4-9,11,13,16H,1,10H2,2-3H3. The van der Waals surface area contributed by atoms with E-state index < -0.39 is 16.2 Å². The summed E-state index contributed by atoms with van der Waals surface area (Å²) in [5, 5.41) is 13.4. The van der Waals surface area contributed by atoms with E-state index in [1.165, 1.54) is 6.08 Å². The lowest BCUT2D eigenvalue weighted by atomic mass is 9.93. The Morgan fingerprint density at radius 1 is 1.45 bits per heavy atom. The van der Waals surface area contributed by atoms with Gasteiger partial charge in [-0.05, 0) is 12.0 Å². The maximum atomic E-state index is 11.1. The molecule has 0 saturated heterocycles. The average Bonchev–Trinajstić information content (AvgIpc) is 2.38. The third-order valence-corrected chi connectivity index (χ3v) is 3.02. The zero-order valence-corrected chi connectivity index (χ0v) is 12.4. The minimum atomic E-state index is -3.66. The van der Waals surface area contributed by atoms with Crippen molar-refractivity contribution in [2.75, 3.05) is 6.26 Å². The smallest absolute Gasteiger partial charge is 0.325 e. The molecule has 0 spiro atoms. The van der Waals surface area contributed by atoms with Gasteiger partial charge < -0.3 is 5.11 Å². The number of aliphatic hydroxyl groups excluding tert-OH is 1. The molecule has 2 atom stereocenters. The van der Waals surface area contributed by atoms with E-state index >= 15 is 0 Å². The Morgan fingerprint density at radius 3 is 2.55 bits per heavy atom. The molecule has 6 heteroatoms. The van der Waals surface area contributed by atoms with Gasteiger partial charge in [0.1, 0.15) is 0 Å². The van der Waals surface area contributed by atoms with Crippen molar-refractivity contribution < 1.29 is 17.8 Å². The van der Waals surface area contributed by atoms with Crippen LogP contribution < -0.4 is 0 Å². The molecule has 0 heterocycles. The molecular formula is C14H19NO4S. The van der Waals surface area contributed by atoms with Gasteiger partial charge in [-0.1, -0.05) is 48.5 Å². The first-order chi connectivity index (χ1) is 9.33. The molecule has 1 aromatic rings. The van der Waals surface area contributed by atoms with E-state index in [-0.39, 0.29) is 5.92 Å². The van der Waals surface area contributed by atoms with Gasteiger partial charge in [-0.3, -0.25) is 4.28 Å². The van der Waals surface area contributed by atoms with Crippen LogP contribution in [-0.4, -0.2) is 31.6 Å². The molecule has 0 aromatic heterocycles. The summed E-state index contributed by atoms with van der Waals surface area (Å²) in [4.78, 5) is 0. The predicted octanol–water partition coefficient (Wildman–Crippen LogP) is 1.94. The molecule has 2 unspecified atom stereocenters. The third kappa shape index (κ3) is 5.54. The topological polar surface area (TPSA) is 76.0 Å². The molecule has 0 amide bonds.